The molecule has 0 spiro atoms. The number of hydrogen-bond acceptors (Lipinski definition) is 1. The normalized spacial score (nSPS) is 14.4. The molecule has 1 heterocycles. The summed E-state index contributed by atoms with van der Waals surface area (Å²) in [6.45, 7) is 0. The van der Waals surface area contributed by atoms with Crippen LogP contribution in [0.3, 0.4) is 0 Å². The third-order valence-corrected chi connectivity index (χ3v) is 5.85. The van der Waals surface area contributed by atoms with Gasteiger partial charge in [0.2, 0.25) is 0 Å². The number of rotatable bonds is 3. The lowest BCUT2D eigenvalue weighted by Crippen LogP contribution is -2.06. The number of aromatic nitrogens is 1. The summed E-state index contributed by atoms with van der Waals surface area (Å²) < 4.78 is 66.8. The first kappa shape index (κ1) is 19.7. The van der Waals surface area contributed by atoms with Gasteiger partial charge in [-0.05, 0) is 47.5 Å². The highest BCUT2D eigenvalue weighted by Crippen LogP contribution is 3.02. The summed E-state index contributed by atoms with van der Waals surface area (Å²) in [5.74, 6) is 0. The van der Waals surface area contributed by atoms with Gasteiger partial charge in [-0.15, -0.1) is 0 Å². The Bertz CT molecular complexity index is 1220. The van der Waals surface area contributed by atoms with Crippen molar-refractivity contribution in [3.05, 3.63) is 83.9 Å². The van der Waals surface area contributed by atoms with Crippen molar-refractivity contribution >= 4 is 32.7 Å². The lowest BCUT2D eigenvalue weighted by atomic mass is 9.98. The molecule has 0 aliphatic rings. The molecule has 3 aromatic carbocycles. The quantitative estimate of drug-likeness (QED) is 0.289. The maximum absolute atomic E-state index is 13.4. The van der Waals surface area contributed by atoms with Crippen LogP contribution in [0, 0.1) is 0 Å². The standard InChI is InChI=1S/C21H13ClF5NS/c22-16-8-6-15(7-9-16)21-13-18(14-4-2-1-3-5-14)19-12-17(10-11-20(19)28-21)29(23,24,25,26)27/h1-13H. The Hall–Kier alpha value is -2.64. The molecular weight excluding hydrogens is 429 g/mol. The number of hydrogen-bond donors (Lipinski definition) is 0. The monoisotopic (exact) mass is 441 g/mol. The fraction of sp³-hybridized carbons (Fsp3) is 0. The van der Waals surface area contributed by atoms with Gasteiger partial charge in [0.05, 0.1) is 11.2 Å². The molecule has 0 fully saturated rings. The van der Waals surface area contributed by atoms with Crippen molar-refractivity contribution in [2.45, 2.75) is 4.90 Å². The third kappa shape index (κ3) is 4.06. The van der Waals surface area contributed by atoms with E-state index in [4.69, 9.17) is 11.6 Å². The number of benzene rings is 3. The molecular formula is C21H13ClF5NS. The molecule has 0 radical (unpaired) electrons. The zero-order valence-electron chi connectivity index (χ0n) is 14.6. The van der Waals surface area contributed by atoms with Crippen LogP contribution >= 0.6 is 21.8 Å². The van der Waals surface area contributed by atoms with Gasteiger partial charge in [0.25, 0.3) is 0 Å². The average Bonchev–Trinajstić information content (AvgIpc) is 2.66. The first-order valence-electron chi connectivity index (χ1n) is 8.41. The maximum atomic E-state index is 13.4. The summed E-state index contributed by atoms with van der Waals surface area (Å²) in [6.07, 6.45) is 0. The minimum absolute atomic E-state index is 0.000312. The van der Waals surface area contributed by atoms with Gasteiger partial charge in [0, 0.05) is 16.0 Å². The Morgan fingerprint density at radius 1 is 0.690 bits per heavy atom. The molecule has 0 saturated carbocycles. The summed E-state index contributed by atoms with van der Waals surface area (Å²) in [4.78, 5) is 2.45. The Kier molecular flexibility index (Phi) is 4.02. The molecule has 4 rings (SSSR count). The molecule has 0 bridgehead atoms. The van der Waals surface area contributed by atoms with Gasteiger partial charge in [-0.1, -0.05) is 73.5 Å². The van der Waals surface area contributed by atoms with Crippen molar-refractivity contribution in [1.29, 1.82) is 0 Å². The molecule has 4 aromatic rings. The van der Waals surface area contributed by atoms with E-state index >= 15 is 0 Å². The van der Waals surface area contributed by atoms with Crippen molar-refractivity contribution < 1.29 is 19.4 Å². The predicted molar refractivity (Wildman–Crippen MR) is 109 cm³/mol. The Morgan fingerprint density at radius 2 is 1.34 bits per heavy atom. The number of pyridine rings is 1. The molecule has 29 heavy (non-hydrogen) atoms. The molecule has 0 unspecified atom stereocenters. The van der Waals surface area contributed by atoms with Crippen molar-refractivity contribution in [3.63, 3.8) is 0 Å². The number of nitrogens with zero attached hydrogens (tertiary/aromatic N) is 1. The molecule has 0 N–H and O–H groups in total. The third-order valence-electron chi connectivity index (χ3n) is 4.45. The lowest BCUT2D eigenvalue weighted by Gasteiger charge is -2.40. The second-order valence-corrected chi connectivity index (χ2v) is 9.42. The topological polar surface area (TPSA) is 12.9 Å². The van der Waals surface area contributed by atoms with Gasteiger partial charge in [-0.25, -0.2) is 4.98 Å². The highest BCUT2D eigenvalue weighted by atomic mass is 35.5. The average molecular weight is 442 g/mol. The second-order valence-electron chi connectivity index (χ2n) is 6.58. The zero-order chi connectivity index (χ0) is 20.9. The molecule has 0 saturated heterocycles. The molecule has 0 amide bonds. The van der Waals surface area contributed by atoms with Crippen LogP contribution in [0.2, 0.25) is 5.02 Å². The summed E-state index contributed by atoms with van der Waals surface area (Å²) in [5.41, 5.74) is 2.35. The predicted octanol–water partition coefficient (Wildman–Crippen LogP) is 8.88. The van der Waals surface area contributed by atoms with Crippen molar-refractivity contribution in [2.24, 2.45) is 0 Å². The fourth-order valence-corrected chi connectivity index (χ4v) is 3.86. The second kappa shape index (κ2) is 5.93. The summed E-state index contributed by atoms with van der Waals surface area (Å²) >= 11 is 5.91. The van der Waals surface area contributed by atoms with E-state index in [1.54, 1.807) is 60.7 Å². The van der Waals surface area contributed by atoms with Gasteiger partial charge in [-0.2, -0.15) is 0 Å². The summed E-state index contributed by atoms with van der Waals surface area (Å²) in [6, 6.07) is 18.8. The van der Waals surface area contributed by atoms with Crippen molar-refractivity contribution in [1.82, 2.24) is 4.98 Å². The Labute approximate surface area is 168 Å². The lowest BCUT2D eigenvalue weighted by molar-refractivity contribution is 0.364. The summed E-state index contributed by atoms with van der Waals surface area (Å²) in [7, 11) is -9.82. The molecule has 0 aliphatic carbocycles. The minimum Gasteiger partial charge on any atom is -0.248 e. The van der Waals surface area contributed by atoms with E-state index < -0.39 is 15.1 Å². The molecule has 8 heteroatoms. The zero-order valence-corrected chi connectivity index (χ0v) is 16.2. The molecule has 0 aliphatic heterocycles. The van der Waals surface area contributed by atoms with E-state index in [0.29, 0.717) is 39.5 Å². The van der Waals surface area contributed by atoms with Crippen LogP contribution < -0.4 is 0 Å². The maximum Gasteiger partial charge on any atom is 0.310 e. The molecule has 1 nitrogen and oxygen atoms in total. The van der Waals surface area contributed by atoms with Gasteiger partial charge in [0.15, 0.2) is 0 Å². The van der Waals surface area contributed by atoms with Gasteiger partial charge < -0.3 is 0 Å². The van der Waals surface area contributed by atoms with Crippen LogP contribution in [0.5, 0.6) is 0 Å². The van der Waals surface area contributed by atoms with E-state index in [1.165, 1.54) is 0 Å². The molecule has 0 atom stereocenters. The van der Waals surface area contributed by atoms with Gasteiger partial charge >= 0.3 is 10.2 Å². The summed E-state index contributed by atoms with van der Waals surface area (Å²) in [5, 5.41) is 0.526. The SMILES string of the molecule is FS(F)(F)(F)(F)c1ccc2nc(-c3ccc(Cl)cc3)cc(-c3ccccc3)c2c1. The molecule has 150 valence electrons. The van der Waals surface area contributed by atoms with E-state index in [9.17, 15) is 19.4 Å². The fourth-order valence-electron chi connectivity index (χ4n) is 3.07. The van der Waals surface area contributed by atoms with Crippen LogP contribution in [0.1, 0.15) is 0 Å². The van der Waals surface area contributed by atoms with E-state index in [-0.39, 0.29) is 10.9 Å². The highest BCUT2D eigenvalue weighted by molar-refractivity contribution is 8.45. The smallest absolute Gasteiger partial charge is 0.248 e. The molecule has 1 aromatic heterocycles. The minimum atomic E-state index is -9.82. The first-order chi connectivity index (χ1) is 13.4. The van der Waals surface area contributed by atoms with E-state index in [1.807, 2.05) is 0 Å². The van der Waals surface area contributed by atoms with Crippen molar-refractivity contribution in [2.75, 3.05) is 0 Å². The Balaban J connectivity index is 2.04. The van der Waals surface area contributed by atoms with Gasteiger partial charge in [-0.3, -0.25) is 0 Å². The van der Waals surface area contributed by atoms with Gasteiger partial charge in [0.1, 0.15) is 4.90 Å². The van der Waals surface area contributed by atoms with Crippen molar-refractivity contribution in [3.8, 4) is 22.4 Å². The van der Waals surface area contributed by atoms with Crippen LogP contribution in [0.4, 0.5) is 19.4 Å². The van der Waals surface area contributed by atoms with Crippen LogP contribution in [0.15, 0.2) is 83.8 Å². The number of halogens is 6. The van der Waals surface area contributed by atoms with E-state index in [2.05, 4.69) is 4.98 Å². The van der Waals surface area contributed by atoms with Crippen LogP contribution in [-0.4, -0.2) is 4.98 Å². The number of fused-ring (bicyclic) bond motifs is 1. The first-order valence-corrected chi connectivity index (χ1v) is 10.7. The van der Waals surface area contributed by atoms with Crippen LogP contribution in [-0.2, 0) is 0 Å². The largest absolute Gasteiger partial charge is 0.310 e. The van der Waals surface area contributed by atoms with Crippen LogP contribution in [0.25, 0.3) is 33.3 Å². The Morgan fingerprint density at radius 3 is 1.97 bits per heavy atom. The van der Waals surface area contributed by atoms with E-state index in [0.717, 1.165) is 6.07 Å². The highest BCUT2D eigenvalue weighted by Gasteiger charge is 2.65.